The van der Waals surface area contributed by atoms with E-state index in [-0.39, 0.29) is 21.6 Å². The summed E-state index contributed by atoms with van der Waals surface area (Å²) in [6.45, 7) is 1.69. The molecule has 4 nitrogen and oxygen atoms in total. The molecule has 4 aliphatic carbocycles. The molecule has 1 amide bonds. The molecule has 3 atom stereocenters. The van der Waals surface area contributed by atoms with Gasteiger partial charge < -0.3 is 10.1 Å². The number of hydrogen-bond donors (Lipinski definition) is 1. The van der Waals surface area contributed by atoms with Crippen molar-refractivity contribution in [3.05, 3.63) is 0 Å². The van der Waals surface area contributed by atoms with Crippen molar-refractivity contribution in [3.8, 4) is 0 Å². The van der Waals surface area contributed by atoms with Crippen LogP contribution >= 0.6 is 15.9 Å². The number of esters is 1. The highest BCUT2D eigenvalue weighted by molar-refractivity contribution is 9.10. The van der Waals surface area contributed by atoms with E-state index in [2.05, 4.69) is 26.0 Å². The molecule has 0 aromatic carbocycles. The monoisotopic (exact) mass is 343 g/mol. The molecule has 4 aliphatic rings. The number of nitrogens with one attached hydrogen (secondary N) is 1. The Hall–Kier alpha value is -0.580. The van der Waals surface area contributed by atoms with Crippen LogP contribution < -0.4 is 5.32 Å². The standard InChI is InChI=1S/C15H22BrNO3/c1-9(12(18)20-2)17-13(19)14-4-10-3-11(5-14)7-15(16,6-10)8-14/h9-11H,3-8H2,1-2H3,(H,17,19)/t9-,10-,11-,14?,15?/m1/s1. The molecule has 0 aliphatic heterocycles. The molecule has 1 N–H and O–H groups in total. The van der Waals surface area contributed by atoms with Crippen molar-refractivity contribution in [1.29, 1.82) is 0 Å². The number of carbonyl (C=O) groups is 2. The van der Waals surface area contributed by atoms with Gasteiger partial charge in [0.25, 0.3) is 0 Å². The van der Waals surface area contributed by atoms with Gasteiger partial charge in [0.15, 0.2) is 0 Å². The zero-order valence-corrected chi connectivity index (χ0v) is 13.7. The SMILES string of the molecule is COC(=O)[C@@H](C)NC(=O)C12C[C@H]3C[C@@H](CC(Br)(C3)C1)C2. The van der Waals surface area contributed by atoms with Crippen molar-refractivity contribution < 1.29 is 14.3 Å². The third-order valence-electron chi connectivity index (χ3n) is 5.37. The molecule has 0 saturated heterocycles. The summed E-state index contributed by atoms with van der Waals surface area (Å²) < 4.78 is 4.84. The van der Waals surface area contributed by atoms with Gasteiger partial charge in [-0.1, -0.05) is 15.9 Å². The molecule has 0 aromatic rings. The quantitative estimate of drug-likeness (QED) is 0.632. The second-order valence-corrected chi connectivity index (χ2v) is 8.79. The number of alkyl halides is 1. The molecule has 5 heteroatoms. The third kappa shape index (κ3) is 2.28. The first kappa shape index (κ1) is 14.4. The lowest BCUT2D eigenvalue weighted by atomic mass is 9.49. The van der Waals surface area contributed by atoms with Gasteiger partial charge in [0.2, 0.25) is 5.91 Å². The Morgan fingerprint density at radius 1 is 1.25 bits per heavy atom. The molecule has 0 radical (unpaired) electrons. The molecule has 0 unspecified atom stereocenters. The van der Waals surface area contributed by atoms with Crippen LogP contribution in [0.15, 0.2) is 0 Å². The second kappa shape index (κ2) is 4.72. The maximum absolute atomic E-state index is 12.7. The van der Waals surface area contributed by atoms with Crippen LogP contribution in [0.2, 0.25) is 0 Å². The number of halogens is 1. The highest BCUT2D eigenvalue weighted by Crippen LogP contribution is 2.64. The van der Waals surface area contributed by atoms with Crippen LogP contribution in [0.3, 0.4) is 0 Å². The summed E-state index contributed by atoms with van der Waals surface area (Å²) in [7, 11) is 1.35. The minimum Gasteiger partial charge on any atom is -0.467 e. The van der Waals surface area contributed by atoms with Gasteiger partial charge in [-0.05, 0) is 57.3 Å². The minimum atomic E-state index is -0.563. The normalized spacial score (nSPS) is 43.1. The van der Waals surface area contributed by atoms with Crippen molar-refractivity contribution in [1.82, 2.24) is 5.32 Å². The summed E-state index contributed by atoms with van der Waals surface area (Å²) in [5, 5.41) is 2.87. The zero-order valence-electron chi connectivity index (χ0n) is 12.1. The van der Waals surface area contributed by atoms with Crippen molar-refractivity contribution in [2.45, 2.75) is 55.8 Å². The maximum Gasteiger partial charge on any atom is 0.328 e. The number of ether oxygens (including phenoxy) is 1. The molecule has 4 bridgehead atoms. The van der Waals surface area contributed by atoms with Crippen LogP contribution in [-0.4, -0.2) is 29.4 Å². The van der Waals surface area contributed by atoms with Crippen molar-refractivity contribution >= 4 is 27.8 Å². The van der Waals surface area contributed by atoms with E-state index in [1.54, 1.807) is 6.92 Å². The number of rotatable bonds is 3. The van der Waals surface area contributed by atoms with Crippen molar-refractivity contribution in [3.63, 3.8) is 0 Å². The minimum absolute atomic E-state index is 0.0494. The lowest BCUT2D eigenvalue weighted by molar-refractivity contribution is -0.151. The van der Waals surface area contributed by atoms with E-state index >= 15 is 0 Å². The first-order chi connectivity index (χ1) is 9.36. The first-order valence-corrected chi connectivity index (χ1v) is 8.23. The summed E-state index contributed by atoms with van der Waals surface area (Å²) >= 11 is 3.90. The summed E-state index contributed by atoms with van der Waals surface area (Å²) in [4.78, 5) is 24.2. The van der Waals surface area contributed by atoms with Gasteiger partial charge in [-0.25, -0.2) is 4.79 Å². The number of methoxy groups -OCH3 is 1. The molecule has 20 heavy (non-hydrogen) atoms. The van der Waals surface area contributed by atoms with E-state index in [4.69, 9.17) is 0 Å². The fraction of sp³-hybridized carbons (Fsp3) is 0.867. The molecular weight excluding hydrogens is 322 g/mol. The predicted octanol–water partition coefficient (Wildman–Crippen LogP) is 2.40. The molecular formula is C15H22BrNO3. The molecule has 4 fully saturated rings. The highest BCUT2D eigenvalue weighted by Gasteiger charge is 2.59. The van der Waals surface area contributed by atoms with Gasteiger partial charge in [-0.15, -0.1) is 0 Å². The Balaban J connectivity index is 1.76. The van der Waals surface area contributed by atoms with Gasteiger partial charge in [-0.2, -0.15) is 0 Å². The van der Waals surface area contributed by atoms with Gasteiger partial charge in [0.1, 0.15) is 6.04 Å². The van der Waals surface area contributed by atoms with Gasteiger partial charge in [-0.3, -0.25) is 4.79 Å². The summed E-state index contributed by atoms with van der Waals surface area (Å²) in [6.07, 6.45) is 6.55. The molecule has 112 valence electrons. The highest BCUT2D eigenvalue weighted by atomic mass is 79.9. The maximum atomic E-state index is 12.7. The fourth-order valence-corrected chi connectivity index (χ4v) is 6.45. The molecule has 0 spiro atoms. The number of hydrogen-bond acceptors (Lipinski definition) is 3. The summed E-state index contributed by atoms with van der Waals surface area (Å²) in [5.41, 5.74) is -0.268. The molecule has 0 aromatic heterocycles. The van der Waals surface area contributed by atoms with Crippen LogP contribution in [0.1, 0.15) is 45.4 Å². The third-order valence-corrected chi connectivity index (χ3v) is 6.30. The lowest BCUT2D eigenvalue weighted by Gasteiger charge is -2.59. The average molecular weight is 344 g/mol. The van der Waals surface area contributed by atoms with Gasteiger partial charge >= 0.3 is 5.97 Å². The van der Waals surface area contributed by atoms with Crippen LogP contribution in [0.25, 0.3) is 0 Å². The Morgan fingerprint density at radius 3 is 2.35 bits per heavy atom. The van der Waals surface area contributed by atoms with Crippen LogP contribution in [-0.2, 0) is 14.3 Å². The Kier molecular flexibility index (Phi) is 3.39. The summed E-state index contributed by atoms with van der Waals surface area (Å²) in [6, 6.07) is -0.563. The van der Waals surface area contributed by atoms with Gasteiger partial charge in [0, 0.05) is 4.32 Å². The van der Waals surface area contributed by atoms with Crippen molar-refractivity contribution in [2.75, 3.05) is 7.11 Å². The van der Waals surface area contributed by atoms with E-state index < -0.39 is 6.04 Å². The summed E-state index contributed by atoms with van der Waals surface area (Å²) in [5.74, 6) is 0.995. The largest absolute Gasteiger partial charge is 0.467 e. The van der Waals surface area contributed by atoms with E-state index in [1.165, 1.54) is 26.4 Å². The molecule has 0 heterocycles. The lowest BCUT2D eigenvalue weighted by Crippen LogP contribution is -2.59. The Morgan fingerprint density at radius 2 is 1.85 bits per heavy atom. The fourth-order valence-electron chi connectivity index (χ4n) is 5.00. The van der Waals surface area contributed by atoms with E-state index in [1.807, 2.05) is 0 Å². The smallest absolute Gasteiger partial charge is 0.328 e. The van der Waals surface area contributed by atoms with E-state index in [0.29, 0.717) is 11.8 Å². The average Bonchev–Trinajstić information content (AvgIpc) is 2.34. The van der Waals surface area contributed by atoms with Crippen LogP contribution in [0, 0.1) is 17.3 Å². The molecule has 4 rings (SSSR count). The zero-order chi connectivity index (χ0) is 14.5. The second-order valence-electron chi connectivity index (χ2n) is 7.11. The van der Waals surface area contributed by atoms with Crippen LogP contribution in [0.4, 0.5) is 0 Å². The topological polar surface area (TPSA) is 55.4 Å². The Bertz CT molecular complexity index is 436. The molecule has 4 saturated carbocycles. The Labute approximate surface area is 128 Å². The first-order valence-electron chi connectivity index (χ1n) is 7.44. The van der Waals surface area contributed by atoms with Gasteiger partial charge in [0.05, 0.1) is 12.5 Å². The number of carbonyl (C=O) groups excluding carboxylic acids is 2. The number of amides is 1. The predicted molar refractivity (Wildman–Crippen MR) is 78.4 cm³/mol. The van der Waals surface area contributed by atoms with Crippen LogP contribution in [0.5, 0.6) is 0 Å². The van der Waals surface area contributed by atoms with E-state index in [9.17, 15) is 9.59 Å². The van der Waals surface area contributed by atoms with E-state index in [0.717, 1.165) is 19.3 Å². The van der Waals surface area contributed by atoms with Crippen molar-refractivity contribution in [2.24, 2.45) is 17.3 Å².